The number of rotatable bonds is 4. The van der Waals surface area contributed by atoms with Gasteiger partial charge in [0, 0.05) is 18.2 Å². The highest BCUT2D eigenvalue weighted by atomic mass is 16.5. The van der Waals surface area contributed by atoms with Crippen LogP contribution in [-0.2, 0) is 9.53 Å². The maximum absolute atomic E-state index is 10.1. The van der Waals surface area contributed by atoms with E-state index < -0.39 is 0 Å². The second-order valence-corrected chi connectivity index (χ2v) is 3.43. The van der Waals surface area contributed by atoms with Crippen LogP contribution in [0.2, 0.25) is 0 Å². The molecule has 0 atom stereocenters. The molecule has 0 spiro atoms. The summed E-state index contributed by atoms with van der Waals surface area (Å²) in [5, 5.41) is 3.31. The van der Waals surface area contributed by atoms with Crippen LogP contribution in [0.25, 0.3) is 0 Å². The van der Waals surface area contributed by atoms with E-state index in [2.05, 4.69) is 44.3 Å². The van der Waals surface area contributed by atoms with Gasteiger partial charge in [-0.2, -0.15) is 0 Å². The standard InChI is InChI=1S/C6H15N.C5H8O2/c1-5(2)7-6(3)4;1-3-5(6)7-4-2/h5-7H,1-4H3;3H,1,4H2,2H3. The molecule has 14 heavy (non-hydrogen) atoms. The van der Waals surface area contributed by atoms with E-state index in [1.54, 1.807) is 6.92 Å². The van der Waals surface area contributed by atoms with E-state index in [-0.39, 0.29) is 5.97 Å². The highest BCUT2D eigenvalue weighted by Gasteiger charge is 1.92. The first kappa shape index (κ1) is 15.6. The molecular weight excluding hydrogens is 178 g/mol. The highest BCUT2D eigenvalue weighted by molar-refractivity contribution is 5.81. The van der Waals surface area contributed by atoms with Gasteiger partial charge in [-0.15, -0.1) is 0 Å². The molecule has 0 rings (SSSR count). The molecule has 0 aliphatic heterocycles. The molecule has 84 valence electrons. The van der Waals surface area contributed by atoms with Crippen molar-refractivity contribution in [3.8, 4) is 0 Å². The lowest BCUT2D eigenvalue weighted by molar-refractivity contribution is -0.137. The Morgan fingerprint density at radius 3 is 1.86 bits per heavy atom. The number of hydrogen-bond acceptors (Lipinski definition) is 3. The van der Waals surface area contributed by atoms with Crippen LogP contribution in [0.15, 0.2) is 12.7 Å². The van der Waals surface area contributed by atoms with Crippen molar-refractivity contribution in [1.82, 2.24) is 5.32 Å². The summed E-state index contributed by atoms with van der Waals surface area (Å²) in [5.74, 6) is -0.359. The summed E-state index contributed by atoms with van der Waals surface area (Å²) in [6.07, 6.45) is 1.14. The predicted octanol–water partition coefficient (Wildman–Crippen LogP) is 2.13. The van der Waals surface area contributed by atoms with E-state index in [0.29, 0.717) is 18.7 Å². The summed E-state index contributed by atoms with van der Waals surface area (Å²) in [6.45, 7) is 14.0. The Bertz CT molecular complexity index is 147. The summed E-state index contributed by atoms with van der Waals surface area (Å²) >= 11 is 0. The molecule has 0 saturated heterocycles. The maximum Gasteiger partial charge on any atom is 0.330 e. The van der Waals surface area contributed by atoms with Gasteiger partial charge in [0.15, 0.2) is 0 Å². The Hall–Kier alpha value is -0.830. The lowest BCUT2D eigenvalue weighted by Gasteiger charge is -2.10. The zero-order valence-corrected chi connectivity index (χ0v) is 9.96. The lowest BCUT2D eigenvalue weighted by atomic mass is 10.3. The minimum atomic E-state index is -0.359. The van der Waals surface area contributed by atoms with Gasteiger partial charge < -0.3 is 10.1 Å². The van der Waals surface area contributed by atoms with Gasteiger partial charge in [0.1, 0.15) is 0 Å². The van der Waals surface area contributed by atoms with Crippen LogP contribution in [0, 0.1) is 0 Å². The summed E-state index contributed by atoms with van der Waals surface area (Å²) in [5.41, 5.74) is 0. The van der Waals surface area contributed by atoms with E-state index in [1.807, 2.05) is 0 Å². The lowest BCUT2D eigenvalue weighted by Crippen LogP contribution is -2.29. The van der Waals surface area contributed by atoms with E-state index in [9.17, 15) is 4.79 Å². The van der Waals surface area contributed by atoms with E-state index in [0.717, 1.165) is 6.08 Å². The predicted molar refractivity (Wildman–Crippen MR) is 60.2 cm³/mol. The largest absolute Gasteiger partial charge is 0.463 e. The molecule has 0 fully saturated rings. The average Bonchev–Trinajstić information content (AvgIpc) is 2.03. The van der Waals surface area contributed by atoms with Gasteiger partial charge in [0.25, 0.3) is 0 Å². The molecule has 0 saturated carbocycles. The van der Waals surface area contributed by atoms with Crippen molar-refractivity contribution in [2.45, 2.75) is 46.7 Å². The van der Waals surface area contributed by atoms with Gasteiger partial charge >= 0.3 is 5.97 Å². The molecule has 0 bridgehead atoms. The van der Waals surface area contributed by atoms with E-state index in [1.165, 1.54) is 0 Å². The third-order valence-electron chi connectivity index (χ3n) is 1.12. The molecular formula is C11H23NO2. The van der Waals surface area contributed by atoms with Crippen molar-refractivity contribution >= 4 is 5.97 Å². The number of ether oxygens (including phenoxy) is 1. The molecule has 0 amide bonds. The third kappa shape index (κ3) is 17.3. The Labute approximate surface area is 87.5 Å². The maximum atomic E-state index is 10.1. The Balaban J connectivity index is 0. The smallest absolute Gasteiger partial charge is 0.330 e. The van der Waals surface area contributed by atoms with Crippen LogP contribution in [0.4, 0.5) is 0 Å². The first-order chi connectivity index (χ1) is 6.43. The van der Waals surface area contributed by atoms with Crippen molar-refractivity contribution in [3.05, 3.63) is 12.7 Å². The van der Waals surface area contributed by atoms with Crippen molar-refractivity contribution in [3.63, 3.8) is 0 Å². The Morgan fingerprint density at radius 2 is 1.79 bits per heavy atom. The number of esters is 1. The zero-order valence-electron chi connectivity index (χ0n) is 9.96. The third-order valence-corrected chi connectivity index (χ3v) is 1.12. The summed E-state index contributed by atoms with van der Waals surface area (Å²) in [4.78, 5) is 10.1. The molecule has 3 heteroatoms. The zero-order chi connectivity index (χ0) is 11.6. The van der Waals surface area contributed by atoms with E-state index in [4.69, 9.17) is 0 Å². The van der Waals surface area contributed by atoms with Gasteiger partial charge in [-0.25, -0.2) is 4.79 Å². The Morgan fingerprint density at radius 1 is 1.36 bits per heavy atom. The first-order valence-electron chi connectivity index (χ1n) is 4.99. The monoisotopic (exact) mass is 201 g/mol. The fourth-order valence-electron chi connectivity index (χ4n) is 0.868. The quantitative estimate of drug-likeness (QED) is 0.559. The van der Waals surface area contributed by atoms with Gasteiger partial charge in [0.05, 0.1) is 6.61 Å². The van der Waals surface area contributed by atoms with Crippen LogP contribution in [0.5, 0.6) is 0 Å². The van der Waals surface area contributed by atoms with Crippen LogP contribution in [0.1, 0.15) is 34.6 Å². The normalized spacial score (nSPS) is 9.36. The number of hydrogen-bond donors (Lipinski definition) is 1. The van der Waals surface area contributed by atoms with Crippen molar-refractivity contribution in [1.29, 1.82) is 0 Å². The molecule has 0 aromatic carbocycles. The molecule has 0 aliphatic carbocycles. The molecule has 0 aromatic heterocycles. The van der Waals surface area contributed by atoms with E-state index >= 15 is 0 Å². The second-order valence-electron chi connectivity index (χ2n) is 3.43. The first-order valence-corrected chi connectivity index (χ1v) is 4.99. The van der Waals surface area contributed by atoms with Crippen LogP contribution in [-0.4, -0.2) is 24.7 Å². The average molecular weight is 201 g/mol. The molecule has 0 radical (unpaired) electrons. The number of carbonyl (C=O) groups is 1. The number of carbonyl (C=O) groups excluding carboxylic acids is 1. The van der Waals surface area contributed by atoms with Crippen LogP contribution >= 0.6 is 0 Å². The summed E-state index contributed by atoms with van der Waals surface area (Å²) in [6, 6.07) is 1.25. The van der Waals surface area contributed by atoms with Gasteiger partial charge in [-0.3, -0.25) is 0 Å². The SMILES string of the molecule is C=CC(=O)OCC.CC(C)NC(C)C. The highest BCUT2D eigenvalue weighted by Crippen LogP contribution is 1.80. The molecule has 0 aliphatic rings. The number of nitrogens with one attached hydrogen (secondary N) is 1. The minimum absolute atomic E-state index is 0.359. The summed E-state index contributed by atoms with van der Waals surface area (Å²) < 4.78 is 4.43. The molecule has 0 heterocycles. The van der Waals surface area contributed by atoms with Crippen molar-refractivity contribution in [2.75, 3.05) is 6.61 Å². The fourth-order valence-corrected chi connectivity index (χ4v) is 0.868. The van der Waals surface area contributed by atoms with Gasteiger partial charge in [-0.1, -0.05) is 34.3 Å². The van der Waals surface area contributed by atoms with Gasteiger partial charge in [0.2, 0.25) is 0 Å². The van der Waals surface area contributed by atoms with Crippen molar-refractivity contribution in [2.24, 2.45) is 0 Å². The minimum Gasteiger partial charge on any atom is -0.463 e. The van der Waals surface area contributed by atoms with Gasteiger partial charge in [-0.05, 0) is 6.92 Å². The summed E-state index contributed by atoms with van der Waals surface area (Å²) in [7, 11) is 0. The Kier molecular flexibility index (Phi) is 11.4. The molecule has 3 nitrogen and oxygen atoms in total. The molecule has 0 aromatic rings. The van der Waals surface area contributed by atoms with Crippen molar-refractivity contribution < 1.29 is 9.53 Å². The van der Waals surface area contributed by atoms with Crippen LogP contribution in [0.3, 0.4) is 0 Å². The van der Waals surface area contributed by atoms with Crippen LogP contribution < -0.4 is 5.32 Å². The molecule has 0 unspecified atom stereocenters. The molecule has 1 N–H and O–H groups in total. The fraction of sp³-hybridized carbons (Fsp3) is 0.727. The second kappa shape index (κ2) is 10.3. The topological polar surface area (TPSA) is 38.3 Å².